The lowest BCUT2D eigenvalue weighted by molar-refractivity contribution is -0.137. The smallest absolute Gasteiger partial charge is 0.407 e. The van der Waals surface area contributed by atoms with Gasteiger partial charge >= 0.3 is 12.1 Å². The number of aliphatic carboxylic acids is 1. The Morgan fingerprint density at radius 3 is 2.58 bits per heavy atom. The Morgan fingerprint density at radius 2 is 2.00 bits per heavy atom. The molecule has 3 N–H and O–H groups in total. The lowest BCUT2D eigenvalue weighted by Gasteiger charge is -2.16. The summed E-state index contributed by atoms with van der Waals surface area (Å²) in [6.07, 6.45) is -0.772. The number of carbonyl (C=O) groups is 2. The van der Waals surface area contributed by atoms with Crippen LogP contribution in [0.2, 0.25) is 0 Å². The van der Waals surface area contributed by atoms with Crippen LogP contribution in [0.5, 0.6) is 0 Å². The predicted octanol–water partition coefficient (Wildman–Crippen LogP) is 0.975. The molecule has 0 aliphatic carbocycles. The van der Waals surface area contributed by atoms with Crippen molar-refractivity contribution in [2.45, 2.75) is 19.1 Å². The van der Waals surface area contributed by atoms with Crippen molar-refractivity contribution in [3.63, 3.8) is 0 Å². The summed E-state index contributed by atoms with van der Waals surface area (Å²) in [6.45, 7) is 0.527. The molecule has 1 aromatic carbocycles. The third-order valence-corrected chi connectivity index (χ3v) is 2.41. The molecule has 0 fully saturated rings. The van der Waals surface area contributed by atoms with E-state index in [1.807, 2.05) is 30.3 Å². The topological polar surface area (TPSA) is 87.7 Å². The van der Waals surface area contributed by atoms with E-state index in [2.05, 4.69) is 10.6 Å². The van der Waals surface area contributed by atoms with Gasteiger partial charge in [0.15, 0.2) is 0 Å². The molecular formula is C13H18N2O4. The van der Waals surface area contributed by atoms with Crippen molar-refractivity contribution in [2.75, 3.05) is 13.6 Å². The number of carboxylic acid groups (broad SMARTS) is 1. The number of hydrogen-bond acceptors (Lipinski definition) is 4. The monoisotopic (exact) mass is 266 g/mol. The molecule has 0 bridgehead atoms. The van der Waals surface area contributed by atoms with Gasteiger partial charge in [-0.05, 0) is 12.6 Å². The molecule has 19 heavy (non-hydrogen) atoms. The fraction of sp³-hybridized carbons (Fsp3) is 0.385. The van der Waals surface area contributed by atoms with Crippen molar-refractivity contribution in [1.29, 1.82) is 0 Å². The highest BCUT2D eigenvalue weighted by Gasteiger charge is 2.15. The number of benzene rings is 1. The van der Waals surface area contributed by atoms with Gasteiger partial charge in [-0.1, -0.05) is 30.3 Å². The van der Waals surface area contributed by atoms with Gasteiger partial charge in [0.25, 0.3) is 0 Å². The Hall–Kier alpha value is -2.08. The van der Waals surface area contributed by atoms with Crippen molar-refractivity contribution in [3.05, 3.63) is 35.9 Å². The van der Waals surface area contributed by atoms with E-state index in [1.165, 1.54) is 0 Å². The first-order valence-electron chi connectivity index (χ1n) is 5.95. The van der Waals surface area contributed by atoms with Crippen molar-refractivity contribution >= 4 is 12.1 Å². The SMILES string of the molecule is CNCC(CC(=O)O)NC(=O)OCc1ccccc1. The molecular weight excluding hydrogens is 248 g/mol. The number of ether oxygens (including phenoxy) is 1. The van der Waals surface area contributed by atoms with Gasteiger partial charge in [0.1, 0.15) is 6.61 Å². The van der Waals surface area contributed by atoms with Crippen molar-refractivity contribution in [3.8, 4) is 0 Å². The van der Waals surface area contributed by atoms with E-state index in [1.54, 1.807) is 7.05 Å². The minimum atomic E-state index is -0.969. The molecule has 1 aromatic rings. The van der Waals surface area contributed by atoms with E-state index >= 15 is 0 Å². The van der Waals surface area contributed by atoms with E-state index < -0.39 is 18.1 Å². The highest BCUT2D eigenvalue weighted by atomic mass is 16.5. The Labute approximate surface area is 111 Å². The number of rotatable bonds is 7. The molecule has 0 aliphatic heterocycles. The standard InChI is InChI=1S/C13H18N2O4/c1-14-8-11(7-12(16)17)15-13(18)19-9-10-5-3-2-4-6-10/h2-6,11,14H,7-9H2,1H3,(H,15,18)(H,16,17). The number of likely N-dealkylation sites (N-methyl/N-ethyl adjacent to an activating group) is 1. The van der Waals surface area contributed by atoms with Crippen LogP contribution in [0.15, 0.2) is 30.3 Å². The maximum Gasteiger partial charge on any atom is 0.407 e. The normalized spacial score (nSPS) is 11.6. The van der Waals surface area contributed by atoms with Crippen LogP contribution in [0.1, 0.15) is 12.0 Å². The summed E-state index contributed by atoms with van der Waals surface area (Å²) in [5.41, 5.74) is 0.876. The van der Waals surface area contributed by atoms with Gasteiger partial charge in [0.05, 0.1) is 12.5 Å². The maximum atomic E-state index is 11.5. The molecule has 1 unspecified atom stereocenters. The van der Waals surface area contributed by atoms with E-state index in [-0.39, 0.29) is 13.0 Å². The molecule has 0 radical (unpaired) electrons. The summed E-state index contributed by atoms with van der Waals surface area (Å²) < 4.78 is 5.02. The van der Waals surface area contributed by atoms with Crippen LogP contribution in [0.25, 0.3) is 0 Å². The average Bonchev–Trinajstić information content (AvgIpc) is 2.37. The fourth-order valence-corrected chi connectivity index (χ4v) is 1.56. The van der Waals surface area contributed by atoms with Gasteiger partial charge < -0.3 is 20.5 Å². The summed E-state index contributed by atoms with van der Waals surface area (Å²) >= 11 is 0. The van der Waals surface area contributed by atoms with Gasteiger partial charge in [0, 0.05) is 6.54 Å². The minimum absolute atomic E-state index is 0.152. The van der Waals surface area contributed by atoms with E-state index in [0.717, 1.165) is 5.56 Å². The summed E-state index contributed by atoms with van der Waals surface area (Å²) in [6, 6.07) is 8.77. The second kappa shape index (κ2) is 8.10. The first-order chi connectivity index (χ1) is 9.11. The Bertz CT molecular complexity index is 408. The van der Waals surface area contributed by atoms with Crippen LogP contribution < -0.4 is 10.6 Å². The van der Waals surface area contributed by atoms with Crippen LogP contribution in [0, 0.1) is 0 Å². The van der Waals surface area contributed by atoms with Gasteiger partial charge in [-0.15, -0.1) is 0 Å². The van der Waals surface area contributed by atoms with Crippen molar-refractivity contribution in [2.24, 2.45) is 0 Å². The van der Waals surface area contributed by atoms with Crippen molar-refractivity contribution in [1.82, 2.24) is 10.6 Å². The van der Waals surface area contributed by atoms with Crippen molar-refractivity contribution < 1.29 is 19.4 Å². The second-order valence-electron chi connectivity index (χ2n) is 4.06. The molecule has 0 saturated heterocycles. The molecule has 1 rings (SSSR count). The molecule has 0 heterocycles. The lowest BCUT2D eigenvalue weighted by Crippen LogP contribution is -2.42. The molecule has 0 saturated carbocycles. The number of hydrogen-bond donors (Lipinski definition) is 3. The highest BCUT2D eigenvalue weighted by molar-refractivity contribution is 5.71. The molecule has 6 nitrogen and oxygen atoms in total. The summed E-state index contributed by atoms with van der Waals surface area (Å²) in [4.78, 5) is 22.2. The summed E-state index contributed by atoms with van der Waals surface area (Å²) in [5, 5.41) is 14.0. The molecule has 6 heteroatoms. The zero-order chi connectivity index (χ0) is 14.1. The molecule has 1 amide bonds. The molecule has 1 atom stereocenters. The fourth-order valence-electron chi connectivity index (χ4n) is 1.56. The highest BCUT2D eigenvalue weighted by Crippen LogP contribution is 2.01. The number of carboxylic acids is 1. The maximum absolute atomic E-state index is 11.5. The minimum Gasteiger partial charge on any atom is -0.481 e. The Balaban J connectivity index is 2.37. The van der Waals surface area contributed by atoms with Crippen LogP contribution in [-0.4, -0.2) is 36.8 Å². The lowest BCUT2D eigenvalue weighted by atomic mass is 10.2. The zero-order valence-electron chi connectivity index (χ0n) is 10.8. The zero-order valence-corrected chi connectivity index (χ0v) is 10.8. The first kappa shape index (κ1) is 15.0. The third-order valence-electron chi connectivity index (χ3n) is 2.41. The quantitative estimate of drug-likeness (QED) is 0.684. The average molecular weight is 266 g/mol. The van der Waals surface area contributed by atoms with E-state index in [9.17, 15) is 9.59 Å². The van der Waals surface area contributed by atoms with E-state index in [0.29, 0.717) is 6.54 Å². The van der Waals surface area contributed by atoms with Gasteiger partial charge in [-0.3, -0.25) is 4.79 Å². The first-order valence-corrected chi connectivity index (χ1v) is 5.95. The molecule has 0 aromatic heterocycles. The number of carbonyl (C=O) groups excluding carboxylic acids is 1. The molecule has 104 valence electrons. The summed E-state index contributed by atoms with van der Waals surface area (Å²) in [7, 11) is 1.69. The number of alkyl carbamates (subject to hydrolysis) is 1. The van der Waals surface area contributed by atoms with Crippen LogP contribution in [-0.2, 0) is 16.1 Å². The van der Waals surface area contributed by atoms with Crippen LogP contribution >= 0.6 is 0 Å². The largest absolute Gasteiger partial charge is 0.481 e. The Kier molecular flexibility index (Phi) is 6.38. The third kappa shape index (κ3) is 6.42. The van der Waals surface area contributed by atoms with E-state index in [4.69, 9.17) is 9.84 Å². The van der Waals surface area contributed by atoms with Gasteiger partial charge in [-0.25, -0.2) is 4.79 Å². The number of nitrogens with one attached hydrogen (secondary N) is 2. The Morgan fingerprint density at radius 1 is 1.32 bits per heavy atom. The van der Waals surface area contributed by atoms with Crippen LogP contribution in [0.3, 0.4) is 0 Å². The summed E-state index contributed by atoms with van der Waals surface area (Å²) in [5.74, 6) is -0.969. The van der Waals surface area contributed by atoms with Gasteiger partial charge in [0.2, 0.25) is 0 Å². The second-order valence-corrected chi connectivity index (χ2v) is 4.06. The van der Waals surface area contributed by atoms with Gasteiger partial charge in [-0.2, -0.15) is 0 Å². The number of amides is 1. The predicted molar refractivity (Wildman–Crippen MR) is 69.7 cm³/mol. The molecule has 0 aliphatic rings. The van der Waals surface area contributed by atoms with Crippen LogP contribution in [0.4, 0.5) is 4.79 Å². The molecule has 0 spiro atoms.